The molecule has 2 aromatic heterocycles. The van der Waals surface area contributed by atoms with Gasteiger partial charge in [-0.2, -0.15) is 10.1 Å². The van der Waals surface area contributed by atoms with E-state index in [1.165, 1.54) is 0 Å². The molecule has 3 rings (SSSR count). The minimum Gasteiger partial charge on any atom is -0.334 e. The summed E-state index contributed by atoms with van der Waals surface area (Å²) < 4.78 is 7.16. The van der Waals surface area contributed by atoms with Gasteiger partial charge in [-0.1, -0.05) is 19.0 Å². The van der Waals surface area contributed by atoms with Crippen LogP contribution in [-0.4, -0.2) is 19.9 Å². The Kier molecular flexibility index (Phi) is 2.70. The van der Waals surface area contributed by atoms with Gasteiger partial charge in [-0.15, -0.1) is 0 Å². The molecule has 19 heavy (non-hydrogen) atoms. The quantitative estimate of drug-likeness (QED) is 0.912. The Morgan fingerprint density at radius 2 is 2.16 bits per heavy atom. The van der Waals surface area contributed by atoms with Gasteiger partial charge < -0.3 is 10.3 Å². The summed E-state index contributed by atoms with van der Waals surface area (Å²) in [5.74, 6) is 1.44. The van der Waals surface area contributed by atoms with Crippen molar-refractivity contribution in [3.63, 3.8) is 0 Å². The van der Waals surface area contributed by atoms with Crippen LogP contribution in [-0.2, 0) is 12.6 Å². The lowest BCUT2D eigenvalue weighted by Crippen LogP contribution is -2.44. The average molecular weight is 261 g/mol. The zero-order valence-corrected chi connectivity index (χ0v) is 11.6. The molecule has 0 amide bonds. The van der Waals surface area contributed by atoms with Gasteiger partial charge in [0.05, 0.1) is 16.8 Å². The molecule has 1 fully saturated rings. The fourth-order valence-corrected chi connectivity index (χ4v) is 2.41. The monoisotopic (exact) mass is 261 g/mol. The van der Waals surface area contributed by atoms with E-state index in [-0.39, 0.29) is 5.54 Å². The van der Waals surface area contributed by atoms with Crippen LogP contribution in [0.5, 0.6) is 0 Å². The Balaban J connectivity index is 1.99. The Labute approximate surface area is 112 Å². The molecule has 1 aliphatic rings. The molecule has 0 spiro atoms. The number of hydrogen-bond donors (Lipinski definition) is 1. The molecular weight excluding hydrogens is 242 g/mol. The third-order valence-corrected chi connectivity index (χ3v) is 3.75. The highest BCUT2D eigenvalue weighted by molar-refractivity contribution is 5.56. The lowest BCUT2D eigenvalue weighted by atomic mass is 9.77. The SMILES string of the molecule is CC(C)c1nn(C)cc1-c1nc(C2(N)CCC2)no1. The van der Waals surface area contributed by atoms with Crippen molar-refractivity contribution in [2.75, 3.05) is 0 Å². The third kappa shape index (κ3) is 1.96. The maximum Gasteiger partial charge on any atom is 0.261 e. The predicted octanol–water partition coefficient (Wildman–Crippen LogP) is 1.93. The molecule has 0 aromatic carbocycles. The van der Waals surface area contributed by atoms with Crippen LogP contribution in [0.3, 0.4) is 0 Å². The van der Waals surface area contributed by atoms with E-state index in [2.05, 4.69) is 29.1 Å². The number of nitrogens with zero attached hydrogens (tertiary/aromatic N) is 4. The lowest BCUT2D eigenvalue weighted by Gasteiger charge is -2.34. The Morgan fingerprint density at radius 1 is 1.42 bits per heavy atom. The van der Waals surface area contributed by atoms with Crippen molar-refractivity contribution in [3.05, 3.63) is 17.7 Å². The molecule has 1 aliphatic carbocycles. The van der Waals surface area contributed by atoms with Crippen LogP contribution < -0.4 is 5.73 Å². The summed E-state index contributed by atoms with van der Waals surface area (Å²) in [6.07, 6.45) is 4.90. The second-order valence-electron chi connectivity index (χ2n) is 5.69. The molecule has 1 saturated carbocycles. The smallest absolute Gasteiger partial charge is 0.261 e. The van der Waals surface area contributed by atoms with Gasteiger partial charge in [-0.25, -0.2) is 0 Å². The van der Waals surface area contributed by atoms with Gasteiger partial charge in [-0.3, -0.25) is 4.68 Å². The average Bonchev–Trinajstić information content (AvgIpc) is 2.91. The predicted molar refractivity (Wildman–Crippen MR) is 70.3 cm³/mol. The highest BCUT2D eigenvalue weighted by Crippen LogP contribution is 2.38. The van der Waals surface area contributed by atoms with Crippen LogP contribution in [0.15, 0.2) is 10.7 Å². The van der Waals surface area contributed by atoms with Crippen molar-refractivity contribution in [1.82, 2.24) is 19.9 Å². The lowest BCUT2D eigenvalue weighted by molar-refractivity contribution is 0.229. The van der Waals surface area contributed by atoms with Crippen LogP contribution in [0.25, 0.3) is 11.5 Å². The number of hydrogen-bond acceptors (Lipinski definition) is 5. The summed E-state index contributed by atoms with van der Waals surface area (Å²) in [5, 5.41) is 8.50. The summed E-state index contributed by atoms with van der Waals surface area (Å²) in [6, 6.07) is 0. The summed E-state index contributed by atoms with van der Waals surface area (Å²) in [4.78, 5) is 4.47. The Bertz CT molecular complexity index is 594. The van der Waals surface area contributed by atoms with E-state index in [0.717, 1.165) is 30.5 Å². The van der Waals surface area contributed by atoms with Gasteiger partial charge in [-0.05, 0) is 25.2 Å². The fraction of sp³-hybridized carbons (Fsp3) is 0.615. The minimum absolute atomic E-state index is 0.307. The normalized spacial score (nSPS) is 17.7. The zero-order chi connectivity index (χ0) is 13.6. The molecule has 6 nitrogen and oxygen atoms in total. The van der Waals surface area contributed by atoms with E-state index < -0.39 is 0 Å². The third-order valence-electron chi connectivity index (χ3n) is 3.75. The van der Waals surface area contributed by atoms with Gasteiger partial charge in [0.2, 0.25) is 0 Å². The summed E-state index contributed by atoms with van der Waals surface area (Å²) >= 11 is 0. The first kappa shape index (κ1) is 12.3. The van der Waals surface area contributed by atoms with Gasteiger partial charge in [0.15, 0.2) is 5.82 Å². The van der Waals surface area contributed by atoms with Crippen LogP contribution in [0.1, 0.15) is 50.5 Å². The molecular formula is C13H19N5O. The Morgan fingerprint density at radius 3 is 2.74 bits per heavy atom. The van der Waals surface area contributed by atoms with Crippen molar-refractivity contribution in [1.29, 1.82) is 0 Å². The van der Waals surface area contributed by atoms with E-state index >= 15 is 0 Å². The number of rotatable bonds is 3. The van der Waals surface area contributed by atoms with E-state index in [9.17, 15) is 0 Å². The van der Waals surface area contributed by atoms with Gasteiger partial charge in [0.25, 0.3) is 5.89 Å². The molecule has 0 aliphatic heterocycles. The zero-order valence-electron chi connectivity index (χ0n) is 11.6. The molecule has 0 atom stereocenters. The van der Waals surface area contributed by atoms with E-state index in [0.29, 0.717) is 17.6 Å². The molecule has 2 N–H and O–H groups in total. The first-order chi connectivity index (χ1) is 8.99. The minimum atomic E-state index is -0.387. The molecule has 0 saturated heterocycles. The first-order valence-electron chi connectivity index (χ1n) is 6.66. The molecule has 102 valence electrons. The summed E-state index contributed by atoms with van der Waals surface area (Å²) in [7, 11) is 1.89. The van der Waals surface area contributed by atoms with Gasteiger partial charge >= 0.3 is 0 Å². The second kappa shape index (κ2) is 4.16. The molecule has 6 heteroatoms. The number of nitrogens with two attached hydrogens (primary N) is 1. The summed E-state index contributed by atoms with van der Waals surface area (Å²) in [5.41, 5.74) is 7.70. The van der Waals surface area contributed by atoms with Crippen molar-refractivity contribution in [2.45, 2.75) is 44.6 Å². The fourth-order valence-electron chi connectivity index (χ4n) is 2.41. The highest BCUT2D eigenvalue weighted by Gasteiger charge is 2.39. The first-order valence-corrected chi connectivity index (χ1v) is 6.66. The van der Waals surface area contributed by atoms with Gasteiger partial charge in [0, 0.05) is 13.2 Å². The summed E-state index contributed by atoms with van der Waals surface area (Å²) in [6.45, 7) is 4.19. The van der Waals surface area contributed by atoms with Crippen LogP contribution in [0, 0.1) is 0 Å². The van der Waals surface area contributed by atoms with Crippen LogP contribution in [0.4, 0.5) is 0 Å². The molecule has 0 radical (unpaired) electrons. The van der Waals surface area contributed by atoms with Crippen molar-refractivity contribution in [3.8, 4) is 11.5 Å². The van der Waals surface area contributed by atoms with Crippen LogP contribution in [0.2, 0.25) is 0 Å². The maximum atomic E-state index is 6.21. The molecule has 2 aromatic rings. The molecule has 0 bridgehead atoms. The Hall–Kier alpha value is -1.69. The molecule has 0 unspecified atom stereocenters. The number of aryl methyl sites for hydroxylation is 1. The molecule has 2 heterocycles. The maximum absolute atomic E-state index is 6.21. The second-order valence-corrected chi connectivity index (χ2v) is 5.69. The standard InChI is InChI=1S/C13H19N5O/c1-8(2)10-9(7-18(3)16-10)11-15-12(17-19-11)13(14)5-4-6-13/h7-8H,4-6,14H2,1-3H3. The van der Waals surface area contributed by atoms with Crippen molar-refractivity contribution < 1.29 is 4.52 Å². The van der Waals surface area contributed by atoms with Gasteiger partial charge in [0.1, 0.15) is 0 Å². The van der Waals surface area contributed by atoms with Crippen molar-refractivity contribution in [2.24, 2.45) is 12.8 Å². The topological polar surface area (TPSA) is 82.8 Å². The largest absolute Gasteiger partial charge is 0.334 e. The van der Waals surface area contributed by atoms with E-state index in [1.54, 1.807) is 4.68 Å². The van der Waals surface area contributed by atoms with E-state index in [4.69, 9.17) is 10.3 Å². The van der Waals surface area contributed by atoms with Crippen LogP contribution >= 0.6 is 0 Å². The number of aromatic nitrogens is 4. The van der Waals surface area contributed by atoms with Crippen molar-refractivity contribution >= 4 is 0 Å². The highest BCUT2D eigenvalue weighted by atomic mass is 16.5. The van der Waals surface area contributed by atoms with E-state index in [1.807, 2.05) is 13.2 Å².